The van der Waals surface area contributed by atoms with Gasteiger partial charge in [-0.1, -0.05) is 45.5 Å². The molecular formula is C23H37N7. The molecule has 0 saturated heterocycles. The molecule has 0 radical (unpaired) electrons. The molecule has 0 spiro atoms. The summed E-state index contributed by atoms with van der Waals surface area (Å²) in [6, 6.07) is 3.81. The van der Waals surface area contributed by atoms with Crippen LogP contribution in [-0.4, -0.2) is 31.9 Å². The van der Waals surface area contributed by atoms with Crippen molar-refractivity contribution in [2.45, 2.75) is 79.2 Å². The van der Waals surface area contributed by atoms with Crippen molar-refractivity contribution in [2.24, 2.45) is 10.9 Å². The smallest absolute Gasteiger partial charge is 0.137 e. The van der Waals surface area contributed by atoms with Crippen LogP contribution >= 0.6 is 0 Å². The summed E-state index contributed by atoms with van der Waals surface area (Å²) in [5.41, 5.74) is 14.2. The first-order valence-electron chi connectivity index (χ1n) is 11.1. The molecular weight excluding hydrogens is 374 g/mol. The van der Waals surface area contributed by atoms with Crippen molar-refractivity contribution in [1.82, 2.24) is 19.6 Å². The first kappa shape index (κ1) is 23.5. The molecule has 164 valence electrons. The summed E-state index contributed by atoms with van der Waals surface area (Å²) in [5, 5.41) is 9.27. The van der Waals surface area contributed by atoms with Gasteiger partial charge in [0.05, 0.1) is 11.7 Å². The van der Waals surface area contributed by atoms with Gasteiger partial charge in [-0.2, -0.15) is 10.2 Å². The molecule has 2 aromatic heterocycles. The van der Waals surface area contributed by atoms with Crippen molar-refractivity contribution in [1.29, 1.82) is 0 Å². The topological polar surface area (TPSA) is 100 Å². The minimum atomic E-state index is 0.0939. The molecule has 0 aliphatic carbocycles. The van der Waals surface area contributed by atoms with E-state index in [-0.39, 0.29) is 6.04 Å². The molecule has 0 fully saturated rings. The fourth-order valence-corrected chi connectivity index (χ4v) is 4.08. The maximum atomic E-state index is 6.32. The Kier molecular flexibility index (Phi) is 8.97. The molecule has 2 heterocycles. The van der Waals surface area contributed by atoms with Gasteiger partial charge in [0.2, 0.25) is 0 Å². The summed E-state index contributed by atoms with van der Waals surface area (Å²) in [6.45, 7) is 10.9. The van der Waals surface area contributed by atoms with Crippen molar-refractivity contribution in [3.63, 3.8) is 0 Å². The van der Waals surface area contributed by atoms with Gasteiger partial charge in [-0.3, -0.25) is 4.99 Å². The molecule has 4 N–H and O–H groups in total. The van der Waals surface area contributed by atoms with Gasteiger partial charge in [-0.05, 0) is 39.0 Å². The molecule has 2 rings (SSSR count). The van der Waals surface area contributed by atoms with Crippen LogP contribution in [0.1, 0.15) is 83.6 Å². The van der Waals surface area contributed by atoms with E-state index in [4.69, 9.17) is 21.6 Å². The predicted molar refractivity (Wildman–Crippen MR) is 126 cm³/mol. The molecule has 0 aliphatic heterocycles. The summed E-state index contributed by atoms with van der Waals surface area (Å²) >= 11 is 0. The minimum Gasteiger partial charge on any atom is -0.384 e. The highest BCUT2D eigenvalue weighted by Gasteiger charge is 2.24. The van der Waals surface area contributed by atoms with Gasteiger partial charge in [-0.15, -0.1) is 0 Å². The van der Waals surface area contributed by atoms with Crippen LogP contribution in [0, 0.1) is 24.7 Å². The minimum absolute atomic E-state index is 0.0939. The van der Waals surface area contributed by atoms with E-state index in [0.29, 0.717) is 36.2 Å². The van der Waals surface area contributed by atoms with Crippen molar-refractivity contribution in [3.8, 4) is 11.8 Å². The predicted octanol–water partition coefficient (Wildman–Crippen LogP) is 4.43. The lowest BCUT2D eigenvalue weighted by Gasteiger charge is -2.25. The fourth-order valence-electron chi connectivity index (χ4n) is 4.08. The van der Waals surface area contributed by atoms with Crippen LogP contribution in [0.4, 0.5) is 11.6 Å². The number of hydrogen-bond donors (Lipinski definition) is 2. The highest BCUT2D eigenvalue weighted by Crippen LogP contribution is 2.30. The summed E-state index contributed by atoms with van der Waals surface area (Å²) < 4.78 is 3.68. The molecule has 0 saturated carbocycles. The lowest BCUT2D eigenvalue weighted by Crippen LogP contribution is -2.25. The van der Waals surface area contributed by atoms with Crippen molar-refractivity contribution < 1.29 is 0 Å². The van der Waals surface area contributed by atoms with Gasteiger partial charge in [0, 0.05) is 25.1 Å². The third-order valence-corrected chi connectivity index (χ3v) is 5.23. The lowest BCUT2D eigenvalue weighted by molar-refractivity contribution is 0.317. The quantitative estimate of drug-likeness (QED) is 0.343. The molecule has 7 heteroatoms. The molecule has 2 aromatic rings. The average molecular weight is 412 g/mol. The number of aliphatic imine (C=N–C) groups is 1. The molecule has 0 aliphatic rings. The Balaban J connectivity index is 2.41. The second-order valence-electron chi connectivity index (χ2n) is 7.82. The van der Waals surface area contributed by atoms with E-state index < -0.39 is 0 Å². The Labute approximate surface area is 180 Å². The van der Waals surface area contributed by atoms with Gasteiger partial charge in [-0.25, -0.2) is 9.36 Å². The highest BCUT2D eigenvalue weighted by molar-refractivity contribution is 5.87. The number of hydrogen-bond acceptors (Lipinski definition) is 5. The van der Waals surface area contributed by atoms with Gasteiger partial charge in [0.1, 0.15) is 23.2 Å². The Morgan fingerprint density at radius 2 is 1.80 bits per heavy atom. The summed E-state index contributed by atoms with van der Waals surface area (Å²) in [7, 11) is 0. The first-order valence-corrected chi connectivity index (χ1v) is 11.1. The van der Waals surface area contributed by atoms with Crippen molar-refractivity contribution in [2.75, 3.05) is 18.0 Å². The summed E-state index contributed by atoms with van der Waals surface area (Å²) in [5.74, 6) is 8.52. The van der Waals surface area contributed by atoms with E-state index in [1.54, 1.807) is 17.7 Å². The van der Waals surface area contributed by atoms with E-state index in [2.05, 4.69) is 30.8 Å². The average Bonchev–Trinajstić information content (AvgIpc) is 3.22. The molecule has 1 unspecified atom stereocenters. The third kappa shape index (κ3) is 6.12. The van der Waals surface area contributed by atoms with Crippen LogP contribution in [-0.2, 0) is 0 Å². The standard InChI is InChI=1S/C23H37N7/c1-6-10-18(11-7-2)14-20(29-21(24)13-17(5)27-29)16-23(26-9-4)30-22(25)15-19(28-30)12-8-3/h13,15,18,20H,6-7,9-11,14,16,24-25H2,1-5H3. The monoisotopic (exact) mass is 411 g/mol. The Morgan fingerprint density at radius 1 is 1.10 bits per heavy atom. The van der Waals surface area contributed by atoms with Crippen LogP contribution < -0.4 is 11.5 Å². The van der Waals surface area contributed by atoms with Gasteiger partial charge >= 0.3 is 0 Å². The number of nitrogens with two attached hydrogens (primary N) is 2. The molecule has 0 bridgehead atoms. The zero-order valence-corrected chi connectivity index (χ0v) is 19.1. The van der Waals surface area contributed by atoms with Gasteiger partial charge < -0.3 is 11.5 Å². The van der Waals surface area contributed by atoms with Crippen LogP contribution in [0.2, 0.25) is 0 Å². The largest absolute Gasteiger partial charge is 0.384 e. The number of rotatable bonds is 10. The normalized spacial score (nSPS) is 12.8. The zero-order chi connectivity index (χ0) is 22.1. The third-order valence-electron chi connectivity index (χ3n) is 5.23. The van der Waals surface area contributed by atoms with E-state index in [9.17, 15) is 0 Å². The fraction of sp³-hybridized carbons (Fsp3) is 0.609. The zero-order valence-electron chi connectivity index (χ0n) is 19.1. The molecule has 7 nitrogen and oxygen atoms in total. The van der Waals surface area contributed by atoms with Crippen LogP contribution in [0.25, 0.3) is 0 Å². The van der Waals surface area contributed by atoms with E-state index >= 15 is 0 Å². The number of anilines is 2. The number of nitrogen functional groups attached to an aromatic ring is 2. The van der Waals surface area contributed by atoms with Crippen LogP contribution in [0.3, 0.4) is 0 Å². The SMILES string of the molecule is CC#Cc1cc(N)n(C(CC(CC(CCC)CCC)n2nc(C)cc2N)=NCC)n1. The lowest BCUT2D eigenvalue weighted by atomic mass is 9.90. The maximum absolute atomic E-state index is 6.32. The summed E-state index contributed by atoms with van der Waals surface area (Å²) in [6.07, 6.45) is 6.40. The maximum Gasteiger partial charge on any atom is 0.137 e. The molecule has 0 aromatic carbocycles. The van der Waals surface area contributed by atoms with E-state index in [1.165, 1.54) is 25.7 Å². The van der Waals surface area contributed by atoms with Gasteiger partial charge in [0.25, 0.3) is 0 Å². The summed E-state index contributed by atoms with van der Waals surface area (Å²) in [4.78, 5) is 4.74. The van der Waals surface area contributed by atoms with Crippen LogP contribution in [0.5, 0.6) is 0 Å². The second-order valence-corrected chi connectivity index (χ2v) is 7.82. The van der Waals surface area contributed by atoms with E-state index in [1.807, 2.05) is 24.6 Å². The number of aryl methyl sites for hydroxylation is 1. The van der Waals surface area contributed by atoms with Crippen molar-refractivity contribution in [3.05, 3.63) is 23.5 Å². The van der Waals surface area contributed by atoms with E-state index in [0.717, 1.165) is 18.0 Å². The number of aromatic nitrogens is 4. The highest BCUT2D eigenvalue weighted by atomic mass is 15.4. The molecule has 30 heavy (non-hydrogen) atoms. The van der Waals surface area contributed by atoms with Crippen molar-refractivity contribution >= 4 is 17.5 Å². The van der Waals surface area contributed by atoms with Crippen LogP contribution in [0.15, 0.2) is 17.1 Å². The Hall–Kier alpha value is -2.75. The molecule has 1 atom stereocenters. The number of nitrogens with zero attached hydrogens (tertiary/aromatic N) is 5. The molecule has 0 amide bonds. The van der Waals surface area contributed by atoms with Gasteiger partial charge in [0.15, 0.2) is 0 Å². The Morgan fingerprint density at radius 3 is 2.33 bits per heavy atom. The first-order chi connectivity index (χ1) is 14.4. The second kappa shape index (κ2) is 11.4. The Bertz CT molecular complexity index is 889.